The minimum Gasteiger partial charge on any atom is -0.389 e. The highest BCUT2D eigenvalue weighted by molar-refractivity contribution is 5.77. The first-order valence-corrected chi connectivity index (χ1v) is 4.87. The van der Waals surface area contributed by atoms with Crippen LogP contribution in [0.15, 0.2) is 24.3 Å². The molecule has 0 aliphatic carbocycles. The molecule has 0 fully saturated rings. The van der Waals surface area contributed by atoms with Crippen molar-refractivity contribution in [3.05, 3.63) is 35.4 Å². The second kappa shape index (κ2) is 5.48. The summed E-state index contributed by atoms with van der Waals surface area (Å²) in [6.07, 6.45) is -0.460. The molecule has 1 amide bonds. The Kier molecular flexibility index (Phi) is 4.27. The lowest BCUT2D eigenvalue weighted by Gasteiger charge is -2.07. The van der Waals surface area contributed by atoms with Gasteiger partial charge in [-0.1, -0.05) is 24.3 Å². The zero-order valence-corrected chi connectivity index (χ0v) is 8.73. The average Bonchev–Trinajstić information content (AvgIpc) is 2.26. The lowest BCUT2D eigenvalue weighted by molar-refractivity contribution is -0.119. The van der Waals surface area contributed by atoms with Crippen molar-refractivity contribution in [3.63, 3.8) is 0 Å². The van der Waals surface area contributed by atoms with Crippen molar-refractivity contribution >= 4 is 5.91 Å². The Morgan fingerprint density at radius 1 is 1.47 bits per heavy atom. The van der Waals surface area contributed by atoms with E-state index >= 15 is 0 Å². The fourth-order valence-corrected chi connectivity index (χ4v) is 1.19. The van der Waals surface area contributed by atoms with Gasteiger partial charge >= 0.3 is 0 Å². The maximum absolute atomic E-state index is 10.9. The van der Waals surface area contributed by atoms with Crippen LogP contribution in [0.1, 0.15) is 24.2 Å². The van der Waals surface area contributed by atoms with Gasteiger partial charge in [-0.15, -0.1) is 0 Å². The Morgan fingerprint density at radius 3 is 2.53 bits per heavy atom. The molecular formula is C11H16N2O2. The topological polar surface area (TPSA) is 75.3 Å². The van der Waals surface area contributed by atoms with E-state index in [0.717, 1.165) is 11.1 Å². The Bertz CT molecular complexity index is 320. The van der Waals surface area contributed by atoms with Gasteiger partial charge in [-0.25, -0.2) is 0 Å². The highest BCUT2D eigenvalue weighted by atomic mass is 16.3. The van der Waals surface area contributed by atoms with Crippen LogP contribution in [0, 0.1) is 0 Å². The van der Waals surface area contributed by atoms with Gasteiger partial charge in [-0.2, -0.15) is 0 Å². The van der Waals surface area contributed by atoms with Crippen LogP contribution in [-0.2, 0) is 11.3 Å². The molecule has 0 aliphatic heterocycles. The lowest BCUT2D eigenvalue weighted by atomic mass is 10.1. The second-order valence-electron chi connectivity index (χ2n) is 3.40. The first kappa shape index (κ1) is 11.7. The van der Waals surface area contributed by atoms with Gasteiger partial charge in [0.25, 0.3) is 0 Å². The van der Waals surface area contributed by atoms with Gasteiger partial charge in [0.1, 0.15) is 0 Å². The first-order chi connectivity index (χ1) is 7.13. The molecule has 4 heteroatoms. The van der Waals surface area contributed by atoms with Crippen molar-refractivity contribution in [1.29, 1.82) is 0 Å². The van der Waals surface area contributed by atoms with E-state index in [1.807, 2.05) is 24.3 Å². The summed E-state index contributed by atoms with van der Waals surface area (Å²) in [6.45, 7) is 2.19. The number of hydrogen-bond donors (Lipinski definition) is 3. The third-order valence-electron chi connectivity index (χ3n) is 2.14. The number of aliphatic hydroxyl groups excluding tert-OH is 1. The van der Waals surface area contributed by atoms with Gasteiger partial charge in [-0.3, -0.25) is 4.79 Å². The molecule has 0 aliphatic rings. The predicted octanol–water partition coefficient (Wildman–Crippen LogP) is 0.315. The molecule has 15 heavy (non-hydrogen) atoms. The number of rotatable bonds is 4. The third kappa shape index (κ3) is 3.69. The maximum atomic E-state index is 10.9. The molecule has 1 unspecified atom stereocenters. The van der Waals surface area contributed by atoms with Gasteiger partial charge in [-0.05, 0) is 18.1 Å². The Labute approximate surface area is 89.1 Å². The number of aliphatic hydroxyl groups is 1. The average molecular weight is 208 g/mol. The second-order valence-corrected chi connectivity index (χ2v) is 3.40. The van der Waals surface area contributed by atoms with Crippen LogP contribution in [0.5, 0.6) is 0 Å². The Balaban J connectivity index is 2.53. The number of carbonyl (C=O) groups excluding carboxylic acids is 1. The lowest BCUT2D eigenvalue weighted by Crippen LogP contribution is -2.29. The third-order valence-corrected chi connectivity index (χ3v) is 2.14. The van der Waals surface area contributed by atoms with Gasteiger partial charge < -0.3 is 16.2 Å². The Morgan fingerprint density at radius 2 is 2.07 bits per heavy atom. The van der Waals surface area contributed by atoms with Crippen LogP contribution >= 0.6 is 0 Å². The minimum absolute atomic E-state index is 0.00571. The molecule has 0 spiro atoms. The molecule has 0 saturated carbocycles. The van der Waals surface area contributed by atoms with E-state index < -0.39 is 6.10 Å². The van der Waals surface area contributed by atoms with Crippen LogP contribution in [0.25, 0.3) is 0 Å². The summed E-state index contributed by atoms with van der Waals surface area (Å²) < 4.78 is 0. The van der Waals surface area contributed by atoms with E-state index in [0.29, 0.717) is 6.54 Å². The van der Waals surface area contributed by atoms with Crippen LogP contribution in [0.2, 0.25) is 0 Å². The number of benzene rings is 1. The van der Waals surface area contributed by atoms with Crippen molar-refractivity contribution < 1.29 is 9.90 Å². The molecule has 0 bridgehead atoms. The zero-order chi connectivity index (χ0) is 11.3. The number of nitrogens with two attached hydrogens (primary N) is 1. The summed E-state index contributed by atoms with van der Waals surface area (Å²) in [7, 11) is 0. The fraction of sp³-hybridized carbons (Fsp3) is 0.364. The minimum atomic E-state index is -0.460. The van der Waals surface area contributed by atoms with Crippen molar-refractivity contribution in [2.45, 2.75) is 19.6 Å². The van der Waals surface area contributed by atoms with Gasteiger partial charge in [0.05, 0.1) is 12.6 Å². The molecule has 1 atom stereocenters. The van der Waals surface area contributed by atoms with Crippen LogP contribution in [-0.4, -0.2) is 17.6 Å². The van der Waals surface area contributed by atoms with Gasteiger partial charge in [0.2, 0.25) is 5.91 Å². The number of hydrogen-bond acceptors (Lipinski definition) is 3. The standard InChI is InChI=1S/C11H16N2O2/c1-8(14)10-4-2-9(3-5-10)7-13-11(15)6-12/h2-5,8,14H,6-7,12H2,1H3,(H,13,15). The number of carbonyl (C=O) groups is 1. The molecular weight excluding hydrogens is 192 g/mol. The SMILES string of the molecule is CC(O)c1ccc(CNC(=O)CN)cc1. The van der Waals surface area contributed by atoms with Gasteiger partial charge in [0.15, 0.2) is 0 Å². The molecule has 0 heterocycles. The zero-order valence-electron chi connectivity index (χ0n) is 8.73. The van der Waals surface area contributed by atoms with Crippen LogP contribution in [0.3, 0.4) is 0 Å². The summed E-state index contributed by atoms with van der Waals surface area (Å²) >= 11 is 0. The summed E-state index contributed by atoms with van der Waals surface area (Å²) in [5, 5.41) is 12.0. The summed E-state index contributed by atoms with van der Waals surface area (Å²) in [5.41, 5.74) is 7.01. The monoisotopic (exact) mass is 208 g/mol. The summed E-state index contributed by atoms with van der Waals surface area (Å²) in [4.78, 5) is 10.9. The largest absolute Gasteiger partial charge is 0.389 e. The molecule has 82 valence electrons. The molecule has 4 N–H and O–H groups in total. The first-order valence-electron chi connectivity index (χ1n) is 4.87. The fourth-order valence-electron chi connectivity index (χ4n) is 1.19. The highest BCUT2D eigenvalue weighted by Crippen LogP contribution is 2.12. The van der Waals surface area contributed by atoms with E-state index in [9.17, 15) is 9.90 Å². The number of amides is 1. The van der Waals surface area contributed by atoms with Crippen molar-refractivity contribution in [2.75, 3.05) is 6.54 Å². The van der Waals surface area contributed by atoms with Crippen molar-refractivity contribution in [2.24, 2.45) is 5.73 Å². The van der Waals surface area contributed by atoms with Crippen molar-refractivity contribution in [1.82, 2.24) is 5.32 Å². The van der Waals surface area contributed by atoms with Crippen LogP contribution in [0.4, 0.5) is 0 Å². The highest BCUT2D eigenvalue weighted by Gasteiger charge is 2.01. The van der Waals surface area contributed by atoms with E-state index in [-0.39, 0.29) is 12.5 Å². The predicted molar refractivity (Wildman–Crippen MR) is 58.0 cm³/mol. The Hall–Kier alpha value is -1.39. The van der Waals surface area contributed by atoms with E-state index in [1.165, 1.54) is 0 Å². The summed E-state index contributed by atoms with van der Waals surface area (Å²) in [6, 6.07) is 7.43. The number of nitrogens with one attached hydrogen (secondary N) is 1. The quantitative estimate of drug-likeness (QED) is 0.666. The molecule has 1 rings (SSSR count). The molecule has 1 aromatic rings. The summed E-state index contributed by atoms with van der Waals surface area (Å²) in [5.74, 6) is -0.172. The van der Waals surface area contributed by atoms with Crippen molar-refractivity contribution in [3.8, 4) is 0 Å². The van der Waals surface area contributed by atoms with E-state index in [4.69, 9.17) is 5.73 Å². The maximum Gasteiger partial charge on any atom is 0.234 e. The molecule has 0 saturated heterocycles. The van der Waals surface area contributed by atoms with E-state index in [1.54, 1.807) is 6.92 Å². The smallest absolute Gasteiger partial charge is 0.234 e. The normalized spacial score (nSPS) is 12.2. The van der Waals surface area contributed by atoms with E-state index in [2.05, 4.69) is 5.32 Å². The van der Waals surface area contributed by atoms with Crippen LogP contribution < -0.4 is 11.1 Å². The molecule has 1 aromatic carbocycles. The molecule has 4 nitrogen and oxygen atoms in total. The molecule has 0 aromatic heterocycles. The molecule has 0 radical (unpaired) electrons. The van der Waals surface area contributed by atoms with Gasteiger partial charge in [0, 0.05) is 6.54 Å².